The van der Waals surface area contributed by atoms with Crippen molar-refractivity contribution in [2.75, 3.05) is 20.1 Å². The highest BCUT2D eigenvalue weighted by molar-refractivity contribution is 7.89. The molecule has 1 aliphatic carbocycles. The highest BCUT2D eigenvalue weighted by atomic mass is 32.2. The van der Waals surface area contributed by atoms with Crippen LogP contribution in [0.4, 0.5) is 0 Å². The predicted molar refractivity (Wildman–Crippen MR) is 88.5 cm³/mol. The van der Waals surface area contributed by atoms with Crippen molar-refractivity contribution in [3.63, 3.8) is 0 Å². The average molecular weight is 322 g/mol. The van der Waals surface area contributed by atoms with Gasteiger partial charge in [-0.1, -0.05) is 31.4 Å². The van der Waals surface area contributed by atoms with Gasteiger partial charge in [-0.15, -0.1) is 0 Å². The first-order valence-corrected chi connectivity index (χ1v) is 9.82. The quantitative estimate of drug-likeness (QED) is 0.927. The third-order valence-electron chi connectivity index (χ3n) is 5.18. The van der Waals surface area contributed by atoms with Gasteiger partial charge in [-0.3, -0.25) is 0 Å². The Labute approximate surface area is 134 Å². The zero-order valence-electron chi connectivity index (χ0n) is 13.3. The van der Waals surface area contributed by atoms with E-state index in [1.54, 1.807) is 19.2 Å². The van der Waals surface area contributed by atoms with Crippen LogP contribution >= 0.6 is 0 Å². The van der Waals surface area contributed by atoms with E-state index in [4.69, 9.17) is 0 Å². The molecule has 122 valence electrons. The number of nitrogens with zero attached hydrogens (tertiary/aromatic N) is 1. The van der Waals surface area contributed by atoms with Gasteiger partial charge in [-0.25, -0.2) is 8.42 Å². The van der Waals surface area contributed by atoms with E-state index in [1.807, 2.05) is 12.1 Å². The Bertz CT molecular complexity index is 586. The van der Waals surface area contributed by atoms with Gasteiger partial charge >= 0.3 is 0 Å². The summed E-state index contributed by atoms with van der Waals surface area (Å²) < 4.78 is 26.9. The predicted octanol–water partition coefficient (Wildman–Crippen LogP) is 2.72. The van der Waals surface area contributed by atoms with Gasteiger partial charge in [0.05, 0.1) is 4.90 Å². The summed E-state index contributed by atoms with van der Waals surface area (Å²) in [7, 11) is -1.68. The Hall–Kier alpha value is -0.910. The number of nitrogens with one attached hydrogen (secondary N) is 1. The minimum Gasteiger partial charge on any atom is -0.315 e. The van der Waals surface area contributed by atoms with Crippen LogP contribution in [-0.4, -0.2) is 38.9 Å². The fourth-order valence-corrected chi connectivity index (χ4v) is 5.05. The van der Waals surface area contributed by atoms with Crippen LogP contribution in [0.1, 0.15) is 50.0 Å². The van der Waals surface area contributed by atoms with Crippen molar-refractivity contribution < 1.29 is 8.42 Å². The fourth-order valence-electron chi connectivity index (χ4n) is 3.66. The van der Waals surface area contributed by atoms with Crippen molar-refractivity contribution in [2.45, 2.75) is 55.4 Å². The summed E-state index contributed by atoms with van der Waals surface area (Å²) in [5.41, 5.74) is 1.30. The molecule has 0 aromatic heterocycles. The Morgan fingerprint density at radius 2 is 1.73 bits per heavy atom. The van der Waals surface area contributed by atoms with Gasteiger partial charge < -0.3 is 5.32 Å². The molecule has 22 heavy (non-hydrogen) atoms. The lowest BCUT2D eigenvalue weighted by molar-refractivity contribution is 0.387. The van der Waals surface area contributed by atoms with Gasteiger partial charge in [0.15, 0.2) is 0 Å². The molecule has 1 heterocycles. The third-order valence-corrected chi connectivity index (χ3v) is 7.11. The Morgan fingerprint density at radius 3 is 2.32 bits per heavy atom. The molecule has 1 unspecified atom stereocenters. The highest BCUT2D eigenvalue weighted by Crippen LogP contribution is 2.33. The molecule has 2 fully saturated rings. The molecule has 1 aliphatic heterocycles. The van der Waals surface area contributed by atoms with Gasteiger partial charge in [0.25, 0.3) is 0 Å². The molecule has 0 radical (unpaired) electrons. The molecule has 0 spiro atoms. The lowest BCUT2D eigenvalue weighted by Gasteiger charge is -2.24. The molecule has 0 bridgehead atoms. The first-order chi connectivity index (χ1) is 10.6. The smallest absolute Gasteiger partial charge is 0.243 e. The molecule has 1 atom stereocenters. The maximum absolute atomic E-state index is 12.7. The number of hydrogen-bond acceptors (Lipinski definition) is 3. The van der Waals surface area contributed by atoms with E-state index >= 15 is 0 Å². The Kier molecular flexibility index (Phi) is 4.85. The van der Waals surface area contributed by atoms with Gasteiger partial charge in [0, 0.05) is 19.6 Å². The highest BCUT2D eigenvalue weighted by Gasteiger charge is 2.30. The number of rotatable bonds is 4. The summed E-state index contributed by atoms with van der Waals surface area (Å²) in [5, 5.41) is 3.22. The molecule has 1 N–H and O–H groups in total. The lowest BCUT2D eigenvalue weighted by Crippen LogP contribution is -2.38. The molecule has 1 saturated carbocycles. The largest absolute Gasteiger partial charge is 0.315 e. The summed E-state index contributed by atoms with van der Waals surface area (Å²) in [5.74, 6) is 0.613. The van der Waals surface area contributed by atoms with Crippen LogP contribution in [-0.2, 0) is 10.0 Å². The van der Waals surface area contributed by atoms with Crippen LogP contribution in [0.15, 0.2) is 29.2 Å². The summed E-state index contributed by atoms with van der Waals surface area (Å²) in [6, 6.07) is 7.69. The molecule has 0 amide bonds. The van der Waals surface area contributed by atoms with E-state index < -0.39 is 10.0 Å². The molecular formula is C17H26N2O2S. The summed E-state index contributed by atoms with van der Waals surface area (Å²) >= 11 is 0. The van der Waals surface area contributed by atoms with Gasteiger partial charge in [0.1, 0.15) is 0 Å². The normalized spacial score (nSPS) is 24.0. The molecule has 4 nitrogen and oxygen atoms in total. The number of benzene rings is 1. The lowest BCUT2D eigenvalue weighted by atomic mass is 9.84. The Balaban J connectivity index is 1.76. The van der Waals surface area contributed by atoms with E-state index in [0.717, 1.165) is 19.5 Å². The molecular weight excluding hydrogens is 296 g/mol. The topological polar surface area (TPSA) is 49.4 Å². The van der Waals surface area contributed by atoms with E-state index in [1.165, 1.54) is 42.0 Å². The maximum Gasteiger partial charge on any atom is 0.243 e. The SMILES string of the molecule is CN(C1CCNC1)S(=O)(=O)c1ccc(C2CCCCC2)cc1. The van der Waals surface area contributed by atoms with Crippen molar-refractivity contribution in [1.29, 1.82) is 0 Å². The zero-order valence-corrected chi connectivity index (χ0v) is 14.1. The molecule has 1 aromatic rings. The van der Waals surface area contributed by atoms with E-state index in [-0.39, 0.29) is 6.04 Å². The van der Waals surface area contributed by atoms with Crippen LogP contribution in [0.5, 0.6) is 0 Å². The summed E-state index contributed by atoms with van der Waals surface area (Å²) in [4.78, 5) is 0.418. The van der Waals surface area contributed by atoms with Crippen LogP contribution in [0.2, 0.25) is 0 Å². The van der Waals surface area contributed by atoms with Crippen molar-refractivity contribution in [3.8, 4) is 0 Å². The van der Waals surface area contributed by atoms with Crippen molar-refractivity contribution >= 4 is 10.0 Å². The maximum atomic E-state index is 12.7. The molecule has 1 aromatic carbocycles. The van der Waals surface area contributed by atoms with E-state index in [2.05, 4.69) is 5.32 Å². The standard InChI is InChI=1S/C17H26N2O2S/c1-19(16-11-12-18-13-16)22(20,21)17-9-7-15(8-10-17)14-5-3-2-4-6-14/h7-10,14,16,18H,2-6,11-13H2,1H3. The van der Waals surface area contributed by atoms with Crippen LogP contribution in [0.25, 0.3) is 0 Å². The average Bonchev–Trinajstić information content (AvgIpc) is 3.09. The minimum absolute atomic E-state index is 0.0722. The van der Waals surface area contributed by atoms with Gasteiger partial charge in [-0.2, -0.15) is 4.31 Å². The first kappa shape index (κ1) is 16.0. The second kappa shape index (κ2) is 6.69. The second-order valence-electron chi connectivity index (χ2n) is 6.57. The first-order valence-electron chi connectivity index (χ1n) is 8.38. The zero-order chi connectivity index (χ0) is 15.6. The van der Waals surface area contributed by atoms with Crippen molar-refractivity contribution in [2.24, 2.45) is 0 Å². The summed E-state index contributed by atoms with van der Waals surface area (Å²) in [6.07, 6.45) is 7.28. The van der Waals surface area contributed by atoms with Crippen molar-refractivity contribution in [1.82, 2.24) is 9.62 Å². The Morgan fingerprint density at radius 1 is 1.05 bits per heavy atom. The molecule has 1 saturated heterocycles. The molecule has 2 aliphatic rings. The number of likely N-dealkylation sites (N-methyl/N-ethyl adjacent to an activating group) is 1. The fraction of sp³-hybridized carbons (Fsp3) is 0.647. The number of sulfonamides is 1. The third kappa shape index (κ3) is 3.21. The second-order valence-corrected chi connectivity index (χ2v) is 8.57. The van der Waals surface area contributed by atoms with E-state index in [9.17, 15) is 8.42 Å². The minimum atomic E-state index is -3.38. The summed E-state index contributed by atoms with van der Waals surface area (Å²) in [6.45, 7) is 1.64. The van der Waals surface area contributed by atoms with Gasteiger partial charge in [0.2, 0.25) is 10.0 Å². The number of hydrogen-bond donors (Lipinski definition) is 1. The van der Waals surface area contributed by atoms with Crippen LogP contribution < -0.4 is 5.32 Å². The van der Waals surface area contributed by atoms with Crippen LogP contribution in [0.3, 0.4) is 0 Å². The van der Waals surface area contributed by atoms with Crippen molar-refractivity contribution in [3.05, 3.63) is 29.8 Å². The van der Waals surface area contributed by atoms with Gasteiger partial charge in [-0.05, 0) is 49.4 Å². The monoisotopic (exact) mass is 322 g/mol. The molecule has 5 heteroatoms. The van der Waals surface area contributed by atoms with Crippen LogP contribution in [0, 0.1) is 0 Å². The van der Waals surface area contributed by atoms with E-state index in [0.29, 0.717) is 10.8 Å². The molecule has 3 rings (SSSR count).